The normalized spacial score (nSPS) is 10.5. The van der Waals surface area contributed by atoms with Crippen LogP contribution in [0.15, 0.2) is 28.7 Å². The number of nitrogens with zero attached hydrogens (tertiary/aromatic N) is 1. The second-order valence-electron chi connectivity index (χ2n) is 4.57. The molecule has 0 aliphatic carbocycles. The van der Waals surface area contributed by atoms with E-state index in [2.05, 4.69) is 15.9 Å². The van der Waals surface area contributed by atoms with Crippen LogP contribution in [0.5, 0.6) is 0 Å². The van der Waals surface area contributed by atoms with Crippen molar-refractivity contribution in [3.8, 4) is 0 Å². The second-order valence-corrected chi connectivity index (χ2v) is 5.42. The number of halogens is 1. The smallest absolute Gasteiger partial charge is 0.303 e. The fourth-order valence-corrected chi connectivity index (χ4v) is 2.24. The molecule has 1 rings (SSSR count). The number of carbonyl (C=O) groups excluding carboxylic acids is 1. The summed E-state index contributed by atoms with van der Waals surface area (Å²) >= 11 is 3.36. The highest BCUT2D eigenvalue weighted by Gasteiger charge is 2.20. The molecule has 0 atom stereocenters. The minimum absolute atomic E-state index is 0.0356. The Morgan fingerprint density at radius 2 is 1.95 bits per heavy atom. The molecule has 1 amide bonds. The number of carboxylic acids is 1. The van der Waals surface area contributed by atoms with Crippen LogP contribution in [0, 0.1) is 0 Å². The molecular formula is C14H18BrNO3. The number of carboxylic acid groups (broad SMARTS) is 1. The van der Waals surface area contributed by atoms with Crippen molar-refractivity contribution in [1.82, 2.24) is 4.90 Å². The number of rotatable bonds is 6. The standard InChI is InChI=1S/C14H18BrNO3/c1-10(2)16(9-5-8-13(17)18)14(19)11-6-3-4-7-12(11)15/h3-4,6-7,10H,5,8-9H2,1-2H3,(H,17,18). The SMILES string of the molecule is CC(C)N(CCCC(=O)O)C(=O)c1ccccc1Br. The number of amides is 1. The number of aliphatic carboxylic acids is 1. The van der Waals surface area contributed by atoms with Gasteiger partial charge in [0, 0.05) is 23.5 Å². The maximum atomic E-state index is 12.4. The fraction of sp³-hybridized carbons (Fsp3) is 0.429. The largest absolute Gasteiger partial charge is 0.481 e. The molecule has 0 fully saturated rings. The maximum Gasteiger partial charge on any atom is 0.303 e. The van der Waals surface area contributed by atoms with E-state index in [4.69, 9.17) is 5.11 Å². The van der Waals surface area contributed by atoms with E-state index in [1.165, 1.54) is 0 Å². The van der Waals surface area contributed by atoms with Crippen molar-refractivity contribution in [2.24, 2.45) is 0 Å². The molecule has 0 aromatic heterocycles. The molecule has 0 heterocycles. The van der Waals surface area contributed by atoms with E-state index in [-0.39, 0.29) is 18.4 Å². The van der Waals surface area contributed by atoms with E-state index in [9.17, 15) is 9.59 Å². The highest BCUT2D eigenvalue weighted by molar-refractivity contribution is 9.10. The van der Waals surface area contributed by atoms with Crippen LogP contribution >= 0.6 is 15.9 Å². The maximum absolute atomic E-state index is 12.4. The van der Waals surface area contributed by atoms with E-state index in [0.717, 1.165) is 4.47 Å². The van der Waals surface area contributed by atoms with Gasteiger partial charge < -0.3 is 10.0 Å². The van der Waals surface area contributed by atoms with Crippen LogP contribution in [-0.4, -0.2) is 34.5 Å². The van der Waals surface area contributed by atoms with Gasteiger partial charge in [-0.15, -0.1) is 0 Å². The third kappa shape index (κ3) is 4.67. The van der Waals surface area contributed by atoms with Crippen molar-refractivity contribution < 1.29 is 14.7 Å². The Kier molecular flexibility index (Phi) is 6.02. The lowest BCUT2D eigenvalue weighted by Crippen LogP contribution is -2.38. The van der Waals surface area contributed by atoms with E-state index < -0.39 is 5.97 Å². The molecule has 1 N–H and O–H groups in total. The van der Waals surface area contributed by atoms with Gasteiger partial charge in [-0.2, -0.15) is 0 Å². The Labute approximate surface area is 121 Å². The minimum Gasteiger partial charge on any atom is -0.481 e. The summed E-state index contributed by atoms with van der Waals surface area (Å²) in [4.78, 5) is 24.7. The molecule has 0 bridgehead atoms. The highest BCUT2D eigenvalue weighted by atomic mass is 79.9. The summed E-state index contributed by atoms with van der Waals surface area (Å²) in [7, 11) is 0. The number of benzene rings is 1. The molecule has 0 spiro atoms. The van der Waals surface area contributed by atoms with E-state index in [0.29, 0.717) is 18.5 Å². The summed E-state index contributed by atoms with van der Waals surface area (Å²) in [5.74, 6) is -0.912. The molecule has 1 aromatic rings. The lowest BCUT2D eigenvalue weighted by Gasteiger charge is -2.27. The first-order valence-electron chi connectivity index (χ1n) is 6.20. The van der Waals surface area contributed by atoms with Crippen LogP contribution in [0.25, 0.3) is 0 Å². The lowest BCUT2D eigenvalue weighted by atomic mass is 10.1. The van der Waals surface area contributed by atoms with E-state index in [1.807, 2.05) is 32.0 Å². The Morgan fingerprint density at radius 3 is 2.47 bits per heavy atom. The predicted octanol–water partition coefficient (Wildman–Crippen LogP) is 3.16. The molecule has 19 heavy (non-hydrogen) atoms. The van der Waals surface area contributed by atoms with Crippen LogP contribution in [-0.2, 0) is 4.79 Å². The molecule has 0 saturated heterocycles. The highest BCUT2D eigenvalue weighted by Crippen LogP contribution is 2.19. The average molecular weight is 328 g/mol. The van der Waals surface area contributed by atoms with Crippen LogP contribution in [0.4, 0.5) is 0 Å². The van der Waals surface area contributed by atoms with Gasteiger partial charge in [-0.1, -0.05) is 12.1 Å². The van der Waals surface area contributed by atoms with Gasteiger partial charge in [0.25, 0.3) is 5.91 Å². The van der Waals surface area contributed by atoms with Gasteiger partial charge >= 0.3 is 5.97 Å². The molecule has 0 aliphatic heterocycles. The first kappa shape index (κ1) is 15.7. The van der Waals surface area contributed by atoms with Crippen LogP contribution in [0.3, 0.4) is 0 Å². The van der Waals surface area contributed by atoms with Crippen molar-refractivity contribution >= 4 is 27.8 Å². The predicted molar refractivity (Wildman–Crippen MR) is 77.2 cm³/mol. The van der Waals surface area contributed by atoms with Crippen molar-refractivity contribution in [3.63, 3.8) is 0 Å². The number of hydrogen-bond acceptors (Lipinski definition) is 2. The van der Waals surface area contributed by atoms with Crippen molar-refractivity contribution in [3.05, 3.63) is 34.3 Å². The molecule has 0 saturated carbocycles. The molecule has 4 nitrogen and oxygen atoms in total. The quantitative estimate of drug-likeness (QED) is 0.873. The summed E-state index contributed by atoms with van der Waals surface area (Å²) in [6.45, 7) is 4.30. The Bertz CT molecular complexity index is 460. The van der Waals surface area contributed by atoms with Gasteiger partial charge in [0.15, 0.2) is 0 Å². The van der Waals surface area contributed by atoms with Crippen LogP contribution < -0.4 is 0 Å². The molecule has 0 radical (unpaired) electrons. The lowest BCUT2D eigenvalue weighted by molar-refractivity contribution is -0.137. The van der Waals surface area contributed by atoms with Gasteiger partial charge in [0.1, 0.15) is 0 Å². The Hall–Kier alpha value is -1.36. The number of hydrogen-bond donors (Lipinski definition) is 1. The monoisotopic (exact) mass is 327 g/mol. The molecule has 0 unspecified atom stereocenters. The summed E-state index contributed by atoms with van der Waals surface area (Å²) in [6.07, 6.45) is 0.538. The zero-order valence-electron chi connectivity index (χ0n) is 11.1. The van der Waals surface area contributed by atoms with Crippen LogP contribution in [0.2, 0.25) is 0 Å². The van der Waals surface area contributed by atoms with Gasteiger partial charge in [0.2, 0.25) is 0 Å². The molecule has 0 aliphatic rings. The van der Waals surface area contributed by atoms with Gasteiger partial charge in [-0.05, 0) is 48.3 Å². The first-order chi connectivity index (χ1) is 8.93. The minimum atomic E-state index is -0.836. The Balaban J connectivity index is 2.79. The summed E-state index contributed by atoms with van der Waals surface area (Å²) in [5, 5.41) is 8.65. The van der Waals surface area contributed by atoms with E-state index >= 15 is 0 Å². The third-order valence-corrected chi connectivity index (χ3v) is 3.47. The van der Waals surface area contributed by atoms with Crippen molar-refractivity contribution in [1.29, 1.82) is 0 Å². The second kappa shape index (κ2) is 7.28. The first-order valence-corrected chi connectivity index (χ1v) is 7.00. The average Bonchev–Trinajstić information content (AvgIpc) is 2.33. The zero-order valence-corrected chi connectivity index (χ0v) is 12.7. The van der Waals surface area contributed by atoms with Gasteiger partial charge in [0.05, 0.1) is 5.56 Å². The van der Waals surface area contributed by atoms with E-state index in [1.54, 1.807) is 11.0 Å². The molecule has 5 heteroatoms. The summed E-state index contributed by atoms with van der Waals surface area (Å²) < 4.78 is 0.754. The van der Waals surface area contributed by atoms with Gasteiger partial charge in [-0.25, -0.2) is 0 Å². The summed E-state index contributed by atoms with van der Waals surface area (Å²) in [6, 6.07) is 7.29. The fourth-order valence-electron chi connectivity index (χ4n) is 1.78. The van der Waals surface area contributed by atoms with Crippen molar-refractivity contribution in [2.45, 2.75) is 32.7 Å². The molecule has 1 aromatic carbocycles. The Morgan fingerprint density at radius 1 is 1.32 bits per heavy atom. The third-order valence-electron chi connectivity index (χ3n) is 2.78. The van der Waals surface area contributed by atoms with Crippen molar-refractivity contribution in [2.75, 3.05) is 6.54 Å². The topological polar surface area (TPSA) is 57.6 Å². The zero-order chi connectivity index (χ0) is 14.4. The molecular weight excluding hydrogens is 310 g/mol. The molecule has 104 valence electrons. The summed E-state index contributed by atoms with van der Waals surface area (Å²) in [5.41, 5.74) is 0.603. The van der Waals surface area contributed by atoms with Gasteiger partial charge in [-0.3, -0.25) is 9.59 Å². The van der Waals surface area contributed by atoms with Crippen LogP contribution in [0.1, 0.15) is 37.0 Å². The number of carbonyl (C=O) groups is 2.